The molecule has 0 heterocycles. The molecule has 3 heteroatoms. The van der Waals surface area contributed by atoms with Gasteiger partial charge in [0.25, 0.3) is 5.91 Å². The van der Waals surface area contributed by atoms with Gasteiger partial charge in [0.15, 0.2) is 0 Å². The molecule has 3 nitrogen and oxygen atoms in total. The van der Waals surface area contributed by atoms with E-state index < -0.39 is 6.10 Å². The Morgan fingerprint density at radius 1 is 0.889 bits per heavy atom. The van der Waals surface area contributed by atoms with Crippen LogP contribution in [0.25, 0.3) is 11.1 Å². The minimum atomic E-state index is -0.487. The summed E-state index contributed by atoms with van der Waals surface area (Å²) in [4.78, 5) is 14.5. The molecule has 3 rings (SSSR count). The molecular formula is C24H25NO2. The molecule has 0 aliphatic rings. The zero-order chi connectivity index (χ0) is 19.1. The molecule has 3 aromatic carbocycles. The highest BCUT2D eigenvalue weighted by molar-refractivity contribution is 5.80. The minimum Gasteiger partial charge on any atom is -0.364 e. The van der Waals surface area contributed by atoms with Gasteiger partial charge in [-0.1, -0.05) is 84.9 Å². The van der Waals surface area contributed by atoms with E-state index in [2.05, 4.69) is 24.3 Å². The van der Waals surface area contributed by atoms with Crippen LogP contribution in [0.15, 0.2) is 84.9 Å². The molecule has 0 bridgehead atoms. The van der Waals surface area contributed by atoms with Crippen LogP contribution in [-0.4, -0.2) is 24.0 Å². The molecular weight excluding hydrogens is 334 g/mol. The molecule has 27 heavy (non-hydrogen) atoms. The second-order valence-electron chi connectivity index (χ2n) is 6.66. The molecule has 1 atom stereocenters. The van der Waals surface area contributed by atoms with Crippen molar-refractivity contribution in [3.63, 3.8) is 0 Å². The van der Waals surface area contributed by atoms with Crippen LogP contribution in [0.3, 0.4) is 0 Å². The molecule has 0 spiro atoms. The van der Waals surface area contributed by atoms with E-state index in [1.54, 1.807) is 4.90 Å². The Hall–Kier alpha value is -2.91. The molecule has 0 saturated heterocycles. The Kier molecular flexibility index (Phi) is 6.39. The van der Waals surface area contributed by atoms with Crippen molar-refractivity contribution in [2.24, 2.45) is 0 Å². The van der Waals surface area contributed by atoms with Crippen molar-refractivity contribution >= 4 is 5.91 Å². The van der Waals surface area contributed by atoms with Gasteiger partial charge in [0.1, 0.15) is 6.10 Å². The van der Waals surface area contributed by atoms with E-state index in [9.17, 15) is 4.79 Å². The number of ether oxygens (including phenoxy) is 1. The van der Waals surface area contributed by atoms with Crippen LogP contribution in [-0.2, 0) is 22.7 Å². The van der Waals surface area contributed by atoms with Crippen LogP contribution < -0.4 is 0 Å². The number of rotatable bonds is 7. The number of amides is 1. The van der Waals surface area contributed by atoms with E-state index in [1.165, 1.54) is 0 Å². The molecule has 3 aromatic rings. The van der Waals surface area contributed by atoms with Crippen molar-refractivity contribution in [2.45, 2.75) is 26.2 Å². The summed E-state index contributed by atoms with van der Waals surface area (Å²) in [7, 11) is 1.83. The smallest absolute Gasteiger partial charge is 0.251 e. The lowest BCUT2D eigenvalue weighted by Crippen LogP contribution is -2.36. The van der Waals surface area contributed by atoms with Crippen LogP contribution >= 0.6 is 0 Å². The fourth-order valence-electron chi connectivity index (χ4n) is 3.07. The number of carbonyl (C=O) groups excluding carboxylic acids is 1. The number of benzene rings is 3. The van der Waals surface area contributed by atoms with E-state index in [0.717, 1.165) is 22.3 Å². The van der Waals surface area contributed by atoms with Gasteiger partial charge in [-0.3, -0.25) is 4.79 Å². The second-order valence-corrected chi connectivity index (χ2v) is 6.66. The number of carbonyl (C=O) groups is 1. The van der Waals surface area contributed by atoms with Crippen LogP contribution in [0.1, 0.15) is 18.1 Å². The summed E-state index contributed by atoms with van der Waals surface area (Å²) in [5.41, 5.74) is 4.49. The third-order valence-corrected chi connectivity index (χ3v) is 4.58. The minimum absolute atomic E-state index is 0.0196. The molecule has 0 radical (unpaired) electrons. The Morgan fingerprint density at radius 2 is 1.48 bits per heavy atom. The Balaban J connectivity index is 1.65. The number of nitrogens with zero attached hydrogens (tertiary/aromatic N) is 1. The highest BCUT2D eigenvalue weighted by Crippen LogP contribution is 2.24. The third kappa shape index (κ3) is 5.05. The van der Waals surface area contributed by atoms with Crippen LogP contribution in [0.2, 0.25) is 0 Å². The van der Waals surface area contributed by atoms with Crippen molar-refractivity contribution in [1.29, 1.82) is 0 Å². The van der Waals surface area contributed by atoms with Gasteiger partial charge in [0, 0.05) is 13.6 Å². The first kappa shape index (κ1) is 18.9. The maximum atomic E-state index is 12.7. The summed E-state index contributed by atoms with van der Waals surface area (Å²) in [6.45, 7) is 2.79. The Morgan fingerprint density at radius 3 is 2.19 bits per heavy atom. The fraction of sp³-hybridized carbons (Fsp3) is 0.208. The van der Waals surface area contributed by atoms with Gasteiger partial charge in [-0.05, 0) is 29.2 Å². The van der Waals surface area contributed by atoms with Crippen molar-refractivity contribution in [2.75, 3.05) is 7.05 Å². The monoisotopic (exact) mass is 359 g/mol. The quantitative estimate of drug-likeness (QED) is 0.599. The van der Waals surface area contributed by atoms with Gasteiger partial charge in [-0.2, -0.15) is 0 Å². The number of hydrogen-bond donors (Lipinski definition) is 0. The van der Waals surface area contributed by atoms with Gasteiger partial charge >= 0.3 is 0 Å². The normalized spacial score (nSPS) is 11.8. The van der Waals surface area contributed by atoms with Crippen LogP contribution in [0, 0.1) is 0 Å². The molecule has 0 fully saturated rings. The Labute approximate surface area is 161 Å². The summed E-state index contributed by atoms with van der Waals surface area (Å²) >= 11 is 0. The van der Waals surface area contributed by atoms with E-state index in [1.807, 2.05) is 74.6 Å². The zero-order valence-electron chi connectivity index (χ0n) is 15.8. The topological polar surface area (TPSA) is 29.5 Å². The Bertz CT molecular complexity index is 862. The molecule has 1 unspecified atom stereocenters. The first-order chi connectivity index (χ1) is 13.1. The van der Waals surface area contributed by atoms with Crippen molar-refractivity contribution in [1.82, 2.24) is 4.90 Å². The first-order valence-electron chi connectivity index (χ1n) is 9.19. The maximum Gasteiger partial charge on any atom is 0.251 e. The SMILES string of the molecule is CC(OCc1ccccc1)C(=O)N(C)Cc1ccccc1-c1ccccc1. The predicted molar refractivity (Wildman–Crippen MR) is 109 cm³/mol. The van der Waals surface area contributed by atoms with Gasteiger partial charge in [0.2, 0.25) is 0 Å². The van der Waals surface area contributed by atoms with Crippen molar-refractivity contribution in [3.05, 3.63) is 96.1 Å². The average Bonchev–Trinajstić information content (AvgIpc) is 2.73. The molecule has 0 aliphatic carbocycles. The molecule has 1 amide bonds. The molecule has 0 saturated carbocycles. The van der Waals surface area contributed by atoms with Crippen LogP contribution in [0.5, 0.6) is 0 Å². The summed E-state index contributed by atoms with van der Waals surface area (Å²) < 4.78 is 5.77. The summed E-state index contributed by atoms with van der Waals surface area (Å²) in [6, 6.07) is 28.3. The number of likely N-dealkylation sites (N-methyl/N-ethyl adjacent to an activating group) is 1. The summed E-state index contributed by atoms with van der Waals surface area (Å²) in [6.07, 6.45) is -0.487. The van der Waals surface area contributed by atoms with E-state index in [-0.39, 0.29) is 5.91 Å². The zero-order valence-corrected chi connectivity index (χ0v) is 15.8. The second kappa shape index (κ2) is 9.15. The summed E-state index contributed by atoms with van der Waals surface area (Å²) in [5.74, 6) is -0.0196. The van der Waals surface area contributed by atoms with E-state index in [0.29, 0.717) is 13.2 Å². The lowest BCUT2D eigenvalue weighted by molar-refractivity contribution is -0.142. The fourth-order valence-corrected chi connectivity index (χ4v) is 3.07. The molecule has 138 valence electrons. The highest BCUT2D eigenvalue weighted by atomic mass is 16.5. The first-order valence-corrected chi connectivity index (χ1v) is 9.19. The van der Waals surface area contributed by atoms with Gasteiger partial charge in [-0.25, -0.2) is 0 Å². The van der Waals surface area contributed by atoms with Gasteiger partial charge in [0.05, 0.1) is 6.61 Å². The lowest BCUT2D eigenvalue weighted by atomic mass is 9.99. The lowest BCUT2D eigenvalue weighted by Gasteiger charge is -2.23. The average molecular weight is 359 g/mol. The van der Waals surface area contributed by atoms with E-state index in [4.69, 9.17) is 4.74 Å². The highest BCUT2D eigenvalue weighted by Gasteiger charge is 2.19. The molecule has 0 aromatic heterocycles. The number of hydrogen-bond acceptors (Lipinski definition) is 2. The van der Waals surface area contributed by atoms with Crippen molar-refractivity contribution in [3.8, 4) is 11.1 Å². The largest absolute Gasteiger partial charge is 0.364 e. The molecule has 0 aliphatic heterocycles. The molecule has 0 N–H and O–H groups in total. The third-order valence-electron chi connectivity index (χ3n) is 4.58. The van der Waals surface area contributed by atoms with Crippen molar-refractivity contribution < 1.29 is 9.53 Å². The van der Waals surface area contributed by atoms with Gasteiger partial charge < -0.3 is 9.64 Å². The maximum absolute atomic E-state index is 12.7. The predicted octanol–water partition coefficient (Wildman–Crippen LogP) is 4.92. The standard InChI is InChI=1S/C24H25NO2/c1-19(27-18-20-11-5-3-6-12-20)24(26)25(2)17-22-15-9-10-16-23(22)21-13-7-4-8-14-21/h3-16,19H,17-18H2,1-2H3. The summed E-state index contributed by atoms with van der Waals surface area (Å²) in [5, 5.41) is 0. The van der Waals surface area contributed by atoms with E-state index >= 15 is 0 Å². The van der Waals surface area contributed by atoms with Gasteiger partial charge in [-0.15, -0.1) is 0 Å². The van der Waals surface area contributed by atoms with Crippen LogP contribution in [0.4, 0.5) is 0 Å².